The molecule has 0 amide bonds. The van der Waals surface area contributed by atoms with Gasteiger partial charge in [0.15, 0.2) is 34.6 Å². The lowest BCUT2D eigenvalue weighted by Gasteiger charge is -2.20. The van der Waals surface area contributed by atoms with E-state index in [1.807, 2.05) is 76.3 Å². The van der Waals surface area contributed by atoms with Gasteiger partial charge in [-0.3, -0.25) is 38.7 Å². The largest absolute Gasteiger partial charge is 0.508 e. The Balaban J connectivity index is 0.000000221. The van der Waals surface area contributed by atoms with Gasteiger partial charge in [-0.15, -0.1) is 11.3 Å². The zero-order valence-corrected chi connectivity index (χ0v) is 57.5. The molecule has 23 heteroatoms. The SMILES string of the molecule is C.CNCCC(Oc1ccccc1C)c1ccccc1.COc1cc(O)c(C(C)=O)c(O)c1.Cc1ccc(C(=O)Cc2c[nH]c(=O)[nH]c2=O)cc1C.Cc1ccc(C(=O)c2cc(C)c(O)c(O)c2)cc1.O=C(Cc1c[nH]c(=O)[nH]c1=O)c1cccs1.OC1=CC=C(O)C1=CCc1ccccc1O. The number of Topliss-reactive ketones (excluding diaryl/α,β-unsaturated/α-hetero) is 3. The summed E-state index contributed by atoms with van der Waals surface area (Å²) in [6, 6.07) is 47.0. The number of ketones is 4. The van der Waals surface area contributed by atoms with Crippen molar-refractivity contribution >= 4 is 34.5 Å². The van der Waals surface area contributed by atoms with Gasteiger partial charge in [0.1, 0.15) is 51.9 Å². The minimum atomic E-state index is -0.577. The predicted molar refractivity (Wildman–Crippen MR) is 395 cm³/mol. The molecule has 1 aliphatic rings. The first-order valence-electron chi connectivity index (χ1n) is 31.4. The minimum Gasteiger partial charge on any atom is -0.508 e. The highest BCUT2D eigenvalue weighted by Gasteiger charge is 2.19. The number of allylic oxidation sites excluding steroid dienone is 3. The number of hydrogen-bond donors (Lipinski definition) is 12. The number of phenolic OH excluding ortho intramolecular Hbond substituents is 5. The maximum absolute atomic E-state index is 12.2. The number of H-pyrrole nitrogens is 4. The number of phenols is 5. The molecule has 0 radical (unpaired) electrons. The standard InChI is InChI=1S/C17H21NO.C15H14O3.C14H14N2O3.C13H12O3.C10H8N2O3S.C9H10O4.CH4/c1-14-8-6-7-11-16(14)19-17(12-13-18-2)15-9-4-3-5-10-15;1-9-3-5-11(6-4-9)15(18)12-7-10(2)14(17)13(16)8-12;1-8-3-4-10(5-9(8)2)12(17)6-11-7-15-14(19)16-13(11)18;14-11-4-2-1-3-9(11)5-6-10-12(15)7-8-13(10)16;13-7(8-2-1-3-16-8)4-6-5-11-10(15)12-9(6)14;1-5(10)9-7(11)3-6(13-2)4-8(9)12;/h3-11,17-18H,12-13H2,1-2H3;3-8,16-17H,1-2H3;3-5,7H,6H2,1-2H3,(H2,15,16,18,19);1-4,6-8,14-16H,5H2;1-3,5H,4H2,(H2,11,12,14,15);3-4,11-12H,1-2H3;1H4. The van der Waals surface area contributed by atoms with Gasteiger partial charge >= 0.3 is 11.4 Å². The summed E-state index contributed by atoms with van der Waals surface area (Å²) in [4.78, 5) is 101. The molecule has 0 spiro atoms. The highest BCUT2D eigenvalue weighted by Crippen LogP contribution is 2.34. The maximum Gasteiger partial charge on any atom is 0.325 e. The van der Waals surface area contributed by atoms with Crippen LogP contribution in [-0.2, 0) is 19.3 Å². The number of aromatic amines is 4. The second-order valence-corrected chi connectivity index (χ2v) is 23.8. The predicted octanol–water partition coefficient (Wildman–Crippen LogP) is 13.0. The summed E-state index contributed by atoms with van der Waals surface area (Å²) in [6.07, 6.45) is 8.56. The van der Waals surface area contributed by atoms with Crippen LogP contribution in [0.25, 0.3) is 0 Å². The Hall–Kier alpha value is -12.3. The monoisotopic (exact) mass is 1410 g/mol. The van der Waals surface area contributed by atoms with Crippen LogP contribution in [0.3, 0.4) is 0 Å². The summed E-state index contributed by atoms with van der Waals surface area (Å²) < 4.78 is 11.0. The first kappa shape index (κ1) is 80.3. The molecule has 3 heterocycles. The van der Waals surface area contributed by atoms with Gasteiger partial charge in [0, 0.05) is 71.6 Å². The molecule has 12 N–H and O–H groups in total. The van der Waals surface area contributed by atoms with Crippen LogP contribution < -0.4 is 37.3 Å². The summed E-state index contributed by atoms with van der Waals surface area (Å²) in [5.74, 6) is -0.272. The molecule has 7 aromatic carbocycles. The fraction of sp³-hybridized carbons (Fsp3) is 0.190. The second kappa shape index (κ2) is 39.3. The van der Waals surface area contributed by atoms with E-state index in [-0.39, 0.29) is 101 Å². The van der Waals surface area contributed by atoms with Crippen LogP contribution in [0.15, 0.2) is 230 Å². The van der Waals surface area contributed by atoms with E-state index >= 15 is 0 Å². The van der Waals surface area contributed by atoms with Crippen molar-refractivity contribution in [2.45, 2.75) is 80.8 Å². The molecule has 1 atom stereocenters. The number of hydrogen-bond acceptors (Lipinski definition) is 19. The van der Waals surface area contributed by atoms with E-state index in [1.165, 1.54) is 79.2 Å². The zero-order valence-electron chi connectivity index (χ0n) is 56.7. The zero-order chi connectivity index (χ0) is 73.9. The van der Waals surface area contributed by atoms with E-state index in [4.69, 9.17) is 9.47 Å². The molecule has 1 aliphatic carbocycles. The Bertz CT molecular complexity index is 4790. The summed E-state index contributed by atoms with van der Waals surface area (Å²) in [5, 5.41) is 71.0. The fourth-order valence-corrected chi connectivity index (χ4v) is 10.2. The van der Waals surface area contributed by atoms with Crippen molar-refractivity contribution < 1.29 is 64.4 Å². The van der Waals surface area contributed by atoms with Crippen LogP contribution in [0.2, 0.25) is 0 Å². The normalized spacial score (nSPS) is 11.2. The van der Waals surface area contributed by atoms with Crippen LogP contribution >= 0.6 is 11.3 Å². The number of aromatic hydroxyl groups is 5. The maximum atomic E-state index is 12.2. The Morgan fingerprint density at radius 2 is 1.12 bits per heavy atom. The van der Waals surface area contributed by atoms with Gasteiger partial charge in [-0.2, -0.15) is 0 Å². The molecule has 3 aromatic heterocycles. The van der Waals surface area contributed by atoms with Gasteiger partial charge in [-0.05, 0) is 149 Å². The minimum absolute atomic E-state index is 0. The smallest absolute Gasteiger partial charge is 0.325 e. The highest BCUT2D eigenvalue weighted by molar-refractivity contribution is 7.12. The third-order valence-corrected chi connectivity index (χ3v) is 16.2. The van der Waals surface area contributed by atoms with E-state index in [0.29, 0.717) is 44.9 Å². The lowest BCUT2D eigenvalue weighted by atomic mass is 10.00. The quantitative estimate of drug-likeness (QED) is 0.0280. The topological polar surface area (TPSA) is 372 Å². The van der Waals surface area contributed by atoms with Gasteiger partial charge in [-0.25, -0.2) is 9.59 Å². The van der Waals surface area contributed by atoms with E-state index < -0.39 is 28.3 Å². The van der Waals surface area contributed by atoms with Crippen LogP contribution in [0.4, 0.5) is 0 Å². The first-order chi connectivity index (χ1) is 48.2. The van der Waals surface area contributed by atoms with Gasteiger partial charge < -0.3 is 60.5 Å². The Kier molecular flexibility index (Phi) is 31.0. The number of carbonyl (C=O) groups excluding carboxylic acids is 4. The number of ether oxygens (including phenoxy) is 2. The van der Waals surface area contributed by atoms with Gasteiger partial charge in [-0.1, -0.05) is 128 Å². The number of carbonyl (C=O) groups is 4. The van der Waals surface area contributed by atoms with Crippen molar-refractivity contribution in [3.05, 3.63) is 330 Å². The van der Waals surface area contributed by atoms with Crippen molar-refractivity contribution in [2.24, 2.45) is 0 Å². The second-order valence-electron chi connectivity index (χ2n) is 22.9. The number of rotatable bonds is 18. The molecular formula is C79H83N5O17S. The van der Waals surface area contributed by atoms with Crippen molar-refractivity contribution in [1.82, 2.24) is 25.3 Å². The van der Waals surface area contributed by atoms with Crippen molar-refractivity contribution in [1.29, 1.82) is 0 Å². The van der Waals surface area contributed by atoms with E-state index in [0.717, 1.165) is 41.0 Å². The number of aliphatic hydroxyl groups is 2. The Morgan fingerprint density at radius 1 is 0.559 bits per heavy atom. The summed E-state index contributed by atoms with van der Waals surface area (Å²) in [7, 11) is 3.37. The molecule has 0 bridgehead atoms. The summed E-state index contributed by atoms with van der Waals surface area (Å²) in [6.45, 7) is 11.8. The molecule has 532 valence electrons. The molecule has 11 rings (SSSR count). The summed E-state index contributed by atoms with van der Waals surface area (Å²) in [5.41, 5.74) is 6.98. The molecule has 102 heavy (non-hydrogen) atoms. The fourth-order valence-electron chi connectivity index (χ4n) is 9.51. The van der Waals surface area contributed by atoms with Gasteiger partial charge in [0.25, 0.3) is 11.1 Å². The van der Waals surface area contributed by atoms with Crippen molar-refractivity contribution in [3.63, 3.8) is 0 Å². The van der Waals surface area contributed by atoms with Crippen molar-refractivity contribution in [2.75, 3.05) is 20.7 Å². The van der Waals surface area contributed by atoms with E-state index in [1.54, 1.807) is 79.0 Å². The molecule has 0 saturated carbocycles. The molecule has 22 nitrogen and oxygen atoms in total. The average Bonchev–Trinajstić information content (AvgIpc) is 1.09. The number of thiophene rings is 1. The Labute approximate surface area is 592 Å². The molecule has 1 unspecified atom stereocenters. The third-order valence-electron chi connectivity index (χ3n) is 15.3. The van der Waals surface area contributed by atoms with E-state index in [9.17, 15) is 74.1 Å². The number of nitrogens with one attached hydrogen (secondary N) is 5. The highest BCUT2D eigenvalue weighted by atomic mass is 32.1. The van der Waals surface area contributed by atoms with E-state index in [2.05, 4.69) is 62.5 Å². The van der Waals surface area contributed by atoms with Crippen molar-refractivity contribution in [3.8, 4) is 40.2 Å². The first-order valence-corrected chi connectivity index (χ1v) is 32.3. The number of para-hydroxylation sites is 2. The molecule has 10 aromatic rings. The summed E-state index contributed by atoms with van der Waals surface area (Å²) >= 11 is 1.33. The number of benzene rings is 7. The third kappa shape index (κ3) is 24.0. The average molecular weight is 1410 g/mol. The van der Waals surface area contributed by atoms with Crippen LogP contribution in [0.5, 0.6) is 40.2 Å². The number of aliphatic hydroxyl groups excluding tert-OH is 2. The van der Waals surface area contributed by atoms with Crippen LogP contribution in [-0.4, -0.2) is 99.5 Å². The van der Waals surface area contributed by atoms with Gasteiger partial charge in [0.2, 0.25) is 0 Å². The lowest BCUT2D eigenvalue weighted by molar-refractivity contribution is 0.0985. The molecule has 0 aliphatic heterocycles. The lowest BCUT2D eigenvalue weighted by Crippen LogP contribution is -2.26. The van der Waals surface area contributed by atoms with Crippen LogP contribution in [0.1, 0.15) is 123 Å². The van der Waals surface area contributed by atoms with Crippen LogP contribution in [0, 0.1) is 34.6 Å². The molecular weight excluding hydrogens is 1320 g/mol. The molecule has 0 saturated heterocycles. The number of aromatic nitrogens is 4. The molecule has 0 fully saturated rings. The Morgan fingerprint density at radius 3 is 1.65 bits per heavy atom. The number of methoxy groups -OCH3 is 1. The number of aryl methyl sites for hydroxylation is 5. The van der Waals surface area contributed by atoms with Gasteiger partial charge in [0.05, 0.1) is 17.6 Å².